The van der Waals surface area contributed by atoms with Crippen LogP contribution in [0, 0.1) is 11.2 Å². The summed E-state index contributed by atoms with van der Waals surface area (Å²) in [5, 5.41) is 5.78. The van der Waals surface area contributed by atoms with Gasteiger partial charge in [-0.05, 0) is 30.3 Å². The molecule has 1 aromatic carbocycles. The SMILES string of the molecule is CC(C)(C)C(=O)Nc1ccc(Nc2cccc(F)c2)cn1. The fourth-order valence-corrected chi connectivity index (χ4v) is 1.58. The van der Waals surface area contributed by atoms with E-state index in [2.05, 4.69) is 15.6 Å². The molecule has 0 radical (unpaired) electrons. The second-order valence-corrected chi connectivity index (χ2v) is 5.77. The molecule has 0 bridgehead atoms. The summed E-state index contributed by atoms with van der Waals surface area (Å²) < 4.78 is 13.1. The van der Waals surface area contributed by atoms with Gasteiger partial charge in [0.25, 0.3) is 0 Å². The second-order valence-electron chi connectivity index (χ2n) is 5.77. The molecule has 0 aliphatic rings. The minimum atomic E-state index is -0.472. The van der Waals surface area contributed by atoms with Gasteiger partial charge in [0.2, 0.25) is 5.91 Å². The van der Waals surface area contributed by atoms with Crippen molar-refractivity contribution in [2.75, 3.05) is 10.6 Å². The summed E-state index contributed by atoms with van der Waals surface area (Å²) in [5.74, 6) is 0.0857. The smallest absolute Gasteiger partial charge is 0.230 e. The van der Waals surface area contributed by atoms with Gasteiger partial charge in [0, 0.05) is 11.1 Å². The van der Waals surface area contributed by atoms with E-state index < -0.39 is 5.41 Å². The van der Waals surface area contributed by atoms with Crippen molar-refractivity contribution in [1.29, 1.82) is 0 Å². The first kappa shape index (κ1) is 15.0. The van der Waals surface area contributed by atoms with Gasteiger partial charge in [0.1, 0.15) is 11.6 Å². The standard InChI is InChI=1S/C16H18FN3O/c1-16(2,3)15(21)20-14-8-7-13(10-18-14)19-12-6-4-5-11(17)9-12/h4-10,19H,1-3H3,(H,18,20,21). The molecule has 0 saturated carbocycles. The zero-order valence-electron chi connectivity index (χ0n) is 12.3. The fraction of sp³-hybridized carbons (Fsp3) is 0.250. The van der Waals surface area contributed by atoms with E-state index in [9.17, 15) is 9.18 Å². The summed E-state index contributed by atoms with van der Waals surface area (Å²) in [6.07, 6.45) is 1.59. The predicted octanol–water partition coefficient (Wildman–Crippen LogP) is 3.95. The number of nitrogens with one attached hydrogen (secondary N) is 2. The van der Waals surface area contributed by atoms with Crippen LogP contribution >= 0.6 is 0 Å². The molecule has 1 aromatic heterocycles. The third kappa shape index (κ3) is 4.27. The monoisotopic (exact) mass is 287 g/mol. The molecule has 2 N–H and O–H groups in total. The maximum Gasteiger partial charge on any atom is 0.230 e. The van der Waals surface area contributed by atoms with Crippen LogP contribution in [0.15, 0.2) is 42.6 Å². The first-order valence-electron chi connectivity index (χ1n) is 6.65. The van der Waals surface area contributed by atoms with Crippen LogP contribution in [0.2, 0.25) is 0 Å². The normalized spacial score (nSPS) is 11.0. The van der Waals surface area contributed by atoms with Gasteiger partial charge in [-0.15, -0.1) is 0 Å². The van der Waals surface area contributed by atoms with Gasteiger partial charge in [-0.2, -0.15) is 0 Å². The minimum Gasteiger partial charge on any atom is -0.354 e. The zero-order chi connectivity index (χ0) is 15.5. The van der Waals surface area contributed by atoms with Crippen molar-refractivity contribution in [2.24, 2.45) is 5.41 Å². The number of rotatable bonds is 3. The number of hydrogen-bond donors (Lipinski definition) is 2. The van der Waals surface area contributed by atoms with Crippen molar-refractivity contribution < 1.29 is 9.18 Å². The predicted molar refractivity (Wildman–Crippen MR) is 82.0 cm³/mol. The molecule has 0 unspecified atom stereocenters. The molecular weight excluding hydrogens is 269 g/mol. The first-order chi connectivity index (χ1) is 9.84. The van der Waals surface area contributed by atoms with Crippen LogP contribution in [0.4, 0.5) is 21.6 Å². The Morgan fingerprint density at radius 3 is 2.48 bits per heavy atom. The molecule has 110 valence electrons. The number of anilines is 3. The summed E-state index contributed by atoms with van der Waals surface area (Å²) in [6, 6.07) is 9.65. The minimum absolute atomic E-state index is 0.0964. The summed E-state index contributed by atoms with van der Waals surface area (Å²) in [5.41, 5.74) is 0.887. The van der Waals surface area contributed by atoms with Crippen molar-refractivity contribution in [1.82, 2.24) is 4.98 Å². The summed E-state index contributed by atoms with van der Waals surface area (Å²) >= 11 is 0. The number of carbonyl (C=O) groups excluding carboxylic acids is 1. The lowest BCUT2D eigenvalue weighted by Crippen LogP contribution is -2.27. The molecule has 4 nitrogen and oxygen atoms in total. The lowest BCUT2D eigenvalue weighted by molar-refractivity contribution is -0.123. The molecule has 0 saturated heterocycles. The van der Waals surface area contributed by atoms with Crippen LogP contribution in [-0.2, 0) is 4.79 Å². The molecule has 1 heterocycles. The maximum absolute atomic E-state index is 13.1. The molecular formula is C16H18FN3O. The molecule has 5 heteroatoms. The third-order valence-electron chi connectivity index (χ3n) is 2.80. The van der Waals surface area contributed by atoms with Crippen LogP contribution < -0.4 is 10.6 Å². The highest BCUT2D eigenvalue weighted by atomic mass is 19.1. The molecule has 1 amide bonds. The number of carbonyl (C=O) groups is 1. The van der Waals surface area contributed by atoms with Gasteiger partial charge in [0.05, 0.1) is 11.9 Å². The van der Waals surface area contributed by atoms with Crippen molar-refractivity contribution >= 4 is 23.1 Å². The molecule has 0 fully saturated rings. The number of nitrogens with zero attached hydrogens (tertiary/aromatic N) is 1. The largest absolute Gasteiger partial charge is 0.354 e. The Hall–Kier alpha value is -2.43. The number of amides is 1. The van der Waals surface area contributed by atoms with Crippen LogP contribution in [-0.4, -0.2) is 10.9 Å². The zero-order valence-corrected chi connectivity index (χ0v) is 12.3. The molecule has 2 aromatic rings. The van der Waals surface area contributed by atoms with Gasteiger partial charge in [-0.25, -0.2) is 9.37 Å². The van der Waals surface area contributed by atoms with Gasteiger partial charge < -0.3 is 10.6 Å². The Labute approximate surface area is 123 Å². The van der Waals surface area contributed by atoms with Crippen molar-refractivity contribution in [3.8, 4) is 0 Å². The molecule has 0 aliphatic carbocycles. The Balaban J connectivity index is 2.04. The average molecular weight is 287 g/mol. The quantitative estimate of drug-likeness (QED) is 0.898. The fourth-order valence-electron chi connectivity index (χ4n) is 1.58. The van der Waals surface area contributed by atoms with Gasteiger partial charge >= 0.3 is 0 Å². The maximum atomic E-state index is 13.1. The van der Waals surface area contributed by atoms with Crippen molar-refractivity contribution in [3.63, 3.8) is 0 Å². The highest BCUT2D eigenvalue weighted by Gasteiger charge is 2.21. The Kier molecular flexibility index (Phi) is 4.21. The molecule has 0 atom stereocenters. The summed E-state index contributed by atoms with van der Waals surface area (Å²) in [7, 11) is 0. The van der Waals surface area contributed by atoms with Crippen LogP contribution in [0.3, 0.4) is 0 Å². The van der Waals surface area contributed by atoms with Crippen LogP contribution in [0.25, 0.3) is 0 Å². The average Bonchev–Trinajstić information content (AvgIpc) is 2.40. The van der Waals surface area contributed by atoms with Gasteiger partial charge in [-0.3, -0.25) is 4.79 Å². The molecule has 0 aliphatic heterocycles. The van der Waals surface area contributed by atoms with E-state index in [1.54, 1.807) is 30.5 Å². The van der Waals surface area contributed by atoms with E-state index in [1.807, 2.05) is 20.8 Å². The third-order valence-corrected chi connectivity index (χ3v) is 2.80. The highest BCUT2D eigenvalue weighted by Crippen LogP contribution is 2.19. The van der Waals surface area contributed by atoms with E-state index in [4.69, 9.17) is 0 Å². The lowest BCUT2D eigenvalue weighted by Gasteiger charge is -2.17. The molecule has 0 spiro atoms. The van der Waals surface area contributed by atoms with Crippen LogP contribution in [0.5, 0.6) is 0 Å². The van der Waals surface area contributed by atoms with E-state index in [1.165, 1.54) is 12.1 Å². The molecule has 2 rings (SSSR count). The number of halogens is 1. The first-order valence-corrected chi connectivity index (χ1v) is 6.65. The Morgan fingerprint density at radius 2 is 1.90 bits per heavy atom. The van der Waals surface area contributed by atoms with E-state index >= 15 is 0 Å². The number of pyridine rings is 1. The van der Waals surface area contributed by atoms with Crippen molar-refractivity contribution in [3.05, 3.63) is 48.4 Å². The molecule has 21 heavy (non-hydrogen) atoms. The number of hydrogen-bond acceptors (Lipinski definition) is 3. The van der Waals surface area contributed by atoms with E-state index in [0.29, 0.717) is 17.2 Å². The topological polar surface area (TPSA) is 54.0 Å². The Bertz CT molecular complexity index is 633. The highest BCUT2D eigenvalue weighted by molar-refractivity contribution is 5.93. The van der Waals surface area contributed by atoms with E-state index in [-0.39, 0.29) is 11.7 Å². The van der Waals surface area contributed by atoms with Gasteiger partial charge in [-0.1, -0.05) is 26.8 Å². The van der Waals surface area contributed by atoms with Crippen molar-refractivity contribution in [2.45, 2.75) is 20.8 Å². The number of benzene rings is 1. The lowest BCUT2D eigenvalue weighted by atomic mass is 9.96. The van der Waals surface area contributed by atoms with Gasteiger partial charge in [0.15, 0.2) is 0 Å². The summed E-state index contributed by atoms with van der Waals surface area (Å²) in [6.45, 7) is 5.51. The number of aromatic nitrogens is 1. The second kappa shape index (κ2) is 5.91. The Morgan fingerprint density at radius 1 is 1.14 bits per heavy atom. The summed E-state index contributed by atoms with van der Waals surface area (Å²) in [4.78, 5) is 16.0. The van der Waals surface area contributed by atoms with E-state index in [0.717, 1.165) is 0 Å². The van der Waals surface area contributed by atoms with Crippen LogP contribution in [0.1, 0.15) is 20.8 Å².